The minimum absolute atomic E-state index is 0.00929. The van der Waals surface area contributed by atoms with Gasteiger partial charge in [-0.25, -0.2) is 9.13 Å². The molecular weight excluding hydrogens is 498 g/mol. The third-order valence-electron chi connectivity index (χ3n) is 5.19. The van der Waals surface area contributed by atoms with E-state index in [1.807, 2.05) is 0 Å². The molecule has 0 unspecified atom stereocenters. The largest absolute Gasteiger partial charge is 0.268 e. The van der Waals surface area contributed by atoms with E-state index in [4.69, 9.17) is 46.4 Å². The molecule has 2 heterocycles. The van der Waals surface area contributed by atoms with Crippen LogP contribution in [0.2, 0.25) is 20.1 Å². The van der Waals surface area contributed by atoms with Crippen molar-refractivity contribution < 1.29 is 0 Å². The van der Waals surface area contributed by atoms with Gasteiger partial charge in [0.2, 0.25) is 0 Å². The highest BCUT2D eigenvalue weighted by Crippen LogP contribution is 2.26. The van der Waals surface area contributed by atoms with Crippen LogP contribution in [0.25, 0.3) is 32.9 Å². The number of nitrogens with zero attached hydrogens (tertiary/aromatic N) is 2. The molecule has 0 saturated heterocycles. The van der Waals surface area contributed by atoms with Crippen LogP contribution >= 0.6 is 46.4 Å². The summed E-state index contributed by atoms with van der Waals surface area (Å²) in [7, 11) is 0. The number of hydrogen-bond donors (Lipinski definition) is 0. The van der Waals surface area contributed by atoms with Crippen LogP contribution in [-0.2, 0) is 0 Å². The summed E-state index contributed by atoms with van der Waals surface area (Å²) < 4.78 is 1.78. The van der Waals surface area contributed by atoms with Crippen LogP contribution in [0.1, 0.15) is 0 Å². The van der Waals surface area contributed by atoms with Gasteiger partial charge in [0.1, 0.15) is 0 Å². The van der Waals surface area contributed by atoms with Crippen molar-refractivity contribution >= 4 is 67.9 Å². The SMILES string of the molecule is O=c1c2cc3c(=O)n(-c4ccc(Cl)cc4Cl)c(=O)c3cc2c(=O)n1-c1ccc(Cl)cc1Cl. The lowest BCUT2D eigenvalue weighted by atomic mass is 10.1. The van der Waals surface area contributed by atoms with E-state index in [1.54, 1.807) is 0 Å². The molecule has 0 N–H and O–H groups in total. The van der Waals surface area contributed by atoms with E-state index in [-0.39, 0.29) is 43.0 Å². The van der Waals surface area contributed by atoms with Crippen LogP contribution in [-0.4, -0.2) is 9.13 Å². The molecule has 0 aliphatic heterocycles. The van der Waals surface area contributed by atoms with E-state index in [1.165, 1.54) is 48.5 Å². The van der Waals surface area contributed by atoms with Gasteiger partial charge in [-0.2, -0.15) is 0 Å². The molecule has 6 nitrogen and oxygen atoms in total. The highest BCUT2D eigenvalue weighted by Gasteiger charge is 2.22. The summed E-state index contributed by atoms with van der Waals surface area (Å²) >= 11 is 24.2. The van der Waals surface area contributed by atoms with Crippen LogP contribution < -0.4 is 22.2 Å². The van der Waals surface area contributed by atoms with Gasteiger partial charge in [-0.3, -0.25) is 19.2 Å². The topological polar surface area (TPSA) is 78.1 Å². The van der Waals surface area contributed by atoms with Gasteiger partial charge in [-0.05, 0) is 48.5 Å². The summed E-state index contributed by atoms with van der Waals surface area (Å²) in [5, 5.41) is 0.855. The number of rotatable bonds is 2. The summed E-state index contributed by atoms with van der Waals surface area (Å²) in [5.74, 6) is 0. The van der Waals surface area contributed by atoms with E-state index in [9.17, 15) is 19.2 Å². The molecule has 0 radical (unpaired) electrons. The van der Waals surface area contributed by atoms with Crippen LogP contribution in [0.15, 0.2) is 67.7 Å². The van der Waals surface area contributed by atoms with Gasteiger partial charge < -0.3 is 0 Å². The standard InChI is InChI=1S/C22H8Cl4N2O4/c23-9-1-3-17(15(25)5-9)27-19(29)11-7-13-14(8-12(11)20(27)30)22(32)28(21(13)31)18-4-2-10(24)6-16(18)26/h1-8H. The van der Waals surface area contributed by atoms with Gasteiger partial charge in [0.15, 0.2) is 0 Å². The third kappa shape index (κ3) is 2.95. The minimum atomic E-state index is -0.666. The molecule has 0 amide bonds. The van der Waals surface area contributed by atoms with Gasteiger partial charge >= 0.3 is 0 Å². The summed E-state index contributed by atoms with van der Waals surface area (Å²) in [5.41, 5.74) is -2.37. The molecule has 158 valence electrons. The molecule has 2 aromatic heterocycles. The second-order valence-corrected chi connectivity index (χ2v) is 8.71. The molecule has 0 fully saturated rings. The Morgan fingerprint density at radius 1 is 0.469 bits per heavy atom. The van der Waals surface area contributed by atoms with Crippen molar-refractivity contribution in [3.05, 3.63) is 110 Å². The number of fused-ring (bicyclic) bond motifs is 2. The number of aromatic nitrogens is 2. The molecule has 32 heavy (non-hydrogen) atoms. The summed E-state index contributed by atoms with van der Waals surface area (Å²) in [6, 6.07) is 11.2. The zero-order valence-electron chi connectivity index (χ0n) is 15.7. The predicted octanol–water partition coefficient (Wildman–Crippen LogP) is 4.50. The van der Waals surface area contributed by atoms with Crippen LogP contribution in [0.5, 0.6) is 0 Å². The van der Waals surface area contributed by atoms with Crippen molar-refractivity contribution in [3.63, 3.8) is 0 Å². The van der Waals surface area contributed by atoms with Crippen molar-refractivity contribution in [1.82, 2.24) is 9.13 Å². The van der Waals surface area contributed by atoms with Gasteiger partial charge in [-0.15, -0.1) is 0 Å². The first kappa shape index (κ1) is 21.0. The zero-order chi connectivity index (χ0) is 22.9. The zero-order valence-corrected chi connectivity index (χ0v) is 18.7. The Morgan fingerprint density at radius 2 is 0.781 bits per heavy atom. The van der Waals surface area contributed by atoms with Crippen LogP contribution in [0.4, 0.5) is 0 Å². The highest BCUT2D eigenvalue weighted by molar-refractivity contribution is 6.36. The first-order valence-electron chi connectivity index (χ1n) is 9.04. The van der Waals surface area contributed by atoms with E-state index in [2.05, 4.69) is 0 Å². The predicted molar refractivity (Wildman–Crippen MR) is 128 cm³/mol. The molecule has 0 bridgehead atoms. The van der Waals surface area contributed by atoms with E-state index >= 15 is 0 Å². The maximum Gasteiger partial charge on any atom is 0.266 e. The number of halogens is 4. The molecule has 10 heteroatoms. The quantitative estimate of drug-likeness (QED) is 0.353. The molecule has 0 aliphatic rings. The Labute approximate surface area is 198 Å². The molecule has 5 rings (SSSR count). The number of benzene rings is 3. The molecule has 3 aromatic carbocycles. The molecular formula is C22H8Cl4N2O4. The summed E-state index contributed by atoms with van der Waals surface area (Å²) in [6.45, 7) is 0. The maximum absolute atomic E-state index is 13.0. The highest BCUT2D eigenvalue weighted by atomic mass is 35.5. The second-order valence-electron chi connectivity index (χ2n) is 7.03. The Morgan fingerprint density at radius 3 is 1.06 bits per heavy atom. The molecule has 0 saturated carbocycles. The van der Waals surface area contributed by atoms with Gasteiger partial charge in [-0.1, -0.05) is 46.4 Å². The van der Waals surface area contributed by atoms with Crippen molar-refractivity contribution in [2.75, 3.05) is 0 Å². The van der Waals surface area contributed by atoms with E-state index in [0.29, 0.717) is 10.0 Å². The molecule has 0 aliphatic carbocycles. The molecule has 0 spiro atoms. The van der Waals surface area contributed by atoms with Crippen molar-refractivity contribution in [3.8, 4) is 11.4 Å². The van der Waals surface area contributed by atoms with Crippen molar-refractivity contribution in [2.45, 2.75) is 0 Å². The van der Waals surface area contributed by atoms with Crippen molar-refractivity contribution in [2.24, 2.45) is 0 Å². The Kier molecular flexibility index (Phi) is 4.80. The summed E-state index contributed by atoms with van der Waals surface area (Å²) in [6.07, 6.45) is 0. The Bertz CT molecular complexity index is 1600. The van der Waals surface area contributed by atoms with Crippen LogP contribution in [0, 0.1) is 0 Å². The van der Waals surface area contributed by atoms with E-state index in [0.717, 1.165) is 9.13 Å². The number of hydrogen-bond acceptors (Lipinski definition) is 4. The fourth-order valence-corrected chi connectivity index (χ4v) is 4.72. The van der Waals surface area contributed by atoms with Crippen molar-refractivity contribution in [1.29, 1.82) is 0 Å². The van der Waals surface area contributed by atoms with Gasteiger partial charge in [0.05, 0.1) is 43.0 Å². The molecule has 5 aromatic rings. The average molecular weight is 506 g/mol. The lowest BCUT2D eigenvalue weighted by Gasteiger charge is -2.03. The second kappa shape index (κ2) is 7.32. The van der Waals surface area contributed by atoms with Gasteiger partial charge in [0, 0.05) is 10.0 Å². The maximum atomic E-state index is 13.0. The first-order chi connectivity index (χ1) is 15.2. The van der Waals surface area contributed by atoms with Gasteiger partial charge in [0.25, 0.3) is 22.2 Å². The normalized spacial score (nSPS) is 11.6. The van der Waals surface area contributed by atoms with Crippen LogP contribution in [0.3, 0.4) is 0 Å². The summed E-state index contributed by atoms with van der Waals surface area (Å²) in [4.78, 5) is 52.2. The molecule has 0 atom stereocenters. The lowest BCUT2D eigenvalue weighted by Crippen LogP contribution is -2.24. The smallest absolute Gasteiger partial charge is 0.266 e. The lowest BCUT2D eigenvalue weighted by molar-refractivity contribution is 0.988. The Balaban J connectivity index is 1.85. The fraction of sp³-hybridized carbons (Fsp3) is 0. The first-order valence-corrected chi connectivity index (χ1v) is 10.6. The van der Waals surface area contributed by atoms with E-state index < -0.39 is 22.2 Å². The monoisotopic (exact) mass is 504 g/mol. The minimum Gasteiger partial charge on any atom is -0.268 e. The fourth-order valence-electron chi connectivity index (χ4n) is 3.74. The average Bonchev–Trinajstić information content (AvgIpc) is 3.12. The third-order valence-corrected chi connectivity index (χ3v) is 6.27. The Hall–Kier alpha value is -2.90.